The van der Waals surface area contributed by atoms with E-state index in [-0.39, 0.29) is 29.5 Å². The van der Waals surface area contributed by atoms with Crippen molar-refractivity contribution in [2.75, 3.05) is 11.4 Å². The van der Waals surface area contributed by atoms with Gasteiger partial charge in [0.2, 0.25) is 0 Å². The first-order chi connectivity index (χ1) is 31.5. The number of nitrogens with zero attached hydrogens (tertiary/aromatic N) is 3. The SMILES string of the molecule is CC1C=C(C2C=CC=CC2)C(C2=CC(C3=NC(C4(C)CC=CCC4)N=C(C4=CC=CCC4)N3)C(C3CCCc4c3oc3ccc5c(c43)C3CC=CCC3N5c3ccccc3)NC2)=CC1. The summed E-state index contributed by atoms with van der Waals surface area (Å²) in [6, 6.07) is 16.2. The first-order valence-electron chi connectivity index (χ1n) is 24.7. The average molecular weight is 846 g/mol. The number of nitrogens with one attached hydrogen (secondary N) is 2. The van der Waals surface area contributed by atoms with Crippen LogP contribution in [-0.4, -0.2) is 36.5 Å². The van der Waals surface area contributed by atoms with Crippen LogP contribution in [0.25, 0.3) is 11.0 Å². The zero-order valence-electron chi connectivity index (χ0n) is 37.7. The number of allylic oxidation sites excluding steroid dienone is 13. The zero-order valence-corrected chi connectivity index (χ0v) is 37.7. The van der Waals surface area contributed by atoms with E-state index in [1.807, 2.05) is 0 Å². The summed E-state index contributed by atoms with van der Waals surface area (Å²) in [7, 11) is 0. The van der Waals surface area contributed by atoms with Gasteiger partial charge in [0, 0.05) is 64.1 Å². The van der Waals surface area contributed by atoms with Gasteiger partial charge >= 0.3 is 0 Å². The molecule has 3 aromatic rings. The predicted molar refractivity (Wildman–Crippen MR) is 264 cm³/mol. The molecule has 326 valence electrons. The van der Waals surface area contributed by atoms with E-state index in [0.717, 1.165) is 101 Å². The minimum Gasteiger partial charge on any atom is -0.460 e. The number of hydrogen-bond acceptors (Lipinski definition) is 6. The standard InChI is InChI=1S/C58H63N5O/c1-37-28-29-42(46(34-37)38-18-7-3-8-19-38)40-35-47(56-60-55(39-20-9-4-10-21-39)61-57(62-56)58(2)32-15-6-16-33-58)53(59-36-40)45-26-17-25-44-52-50(64-54(44)45)31-30-49-51(52)43-24-13-14-27-48(43)63(49)41-22-11-5-12-23-41/h3-9,11-15,18,20,22-23,29-31,34-35,37-38,43,45,47-48,53,57,59H,10,16-17,19,21,24-28,32-33,36H2,1-2H3,(H,60,61,62). The topological polar surface area (TPSA) is 65.2 Å². The van der Waals surface area contributed by atoms with Crippen LogP contribution in [-0.2, 0) is 6.42 Å². The number of aryl methyl sites for hydroxylation is 1. The number of furan rings is 1. The predicted octanol–water partition coefficient (Wildman–Crippen LogP) is 13.1. The highest BCUT2D eigenvalue weighted by Crippen LogP contribution is 2.55. The molecule has 9 atom stereocenters. The van der Waals surface area contributed by atoms with Crippen molar-refractivity contribution in [3.8, 4) is 0 Å². The Balaban J connectivity index is 0.984. The first kappa shape index (κ1) is 40.1. The molecule has 64 heavy (non-hydrogen) atoms. The number of anilines is 2. The summed E-state index contributed by atoms with van der Waals surface area (Å²) in [6.07, 6.45) is 45.8. The van der Waals surface area contributed by atoms with Gasteiger partial charge in [-0.3, -0.25) is 0 Å². The number of para-hydroxylation sites is 1. The zero-order chi connectivity index (χ0) is 42.8. The summed E-state index contributed by atoms with van der Waals surface area (Å²) in [4.78, 5) is 13.9. The van der Waals surface area contributed by atoms with Gasteiger partial charge in [0.1, 0.15) is 29.2 Å². The highest BCUT2D eigenvalue weighted by Gasteiger charge is 2.46. The fourth-order valence-corrected chi connectivity index (χ4v) is 12.9. The van der Waals surface area contributed by atoms with Crippen molar-refractivity contribution in [2.24, 2.45) is 33.2 Å². The Morgan fingerprint density at radius 3 is 2.59 bits per heavy atom. The van der Waals surface area contributed by atoms with Crippen LogP contribution < -0.4 is 15.5 Å². The fraction of sp³-hybridized carbons (Fsp3) is 0.414. The maximum atomic E-state index is 7.30. The van der Waals surface area contributed by atoms with Crippen LogP contribution in [0, 0.1) is 23.2 Å². The molecule has 1 aromatic heterocycles. The van der Waals surface area contributed by atoms with Crippen molar-refractivity contribution < 1.29 is 4.42 Å². The van der Waals surface area contributed by atoms with E-state index in [4.69, 9.17) is 14.4 Å². The van der Waals surface area contributed by atoms with Gasteiger partial charge in [-0.15, -0.1) is 0 Å². The Morgan fingerprint density at radius 1 is 0.828 bits per heavy atom. The molecule has 6 nitrogen and oxygen atoms in total. The highest BCUT2D eigenvalue weighted by atomic mass is 16.3. The molecule has 3 aliphatic heterocycles. The normalized spacial score (nSPS) is 33.0. The second kappa shape index (κ2) is 16.5. The quantitative estimate of drug-likeness (QED) is 0.233. The van der Waals surface area contributed by atoms with Gasteiger partial charge in [0.15, 0.2) is 0 Å². The van der Waals surface area contributed by atoms with Crippen molar-refractivity contribution >= 4 is 34.0 Å². The van der Waals surface area contributed by atoms with Gasteiger partial charge < -0.3 is 20.0 Å². The van der Waals surface area contributed by atoms with Crippen LogP contribution in [0.4, 0.5) is 11.4 Å². The molecule has 0 saturated heterocycles. The van der Waals surface area contributed by atoms with Crippen LogP contribution in [0.5, 0.6) is 0 Å². The summed E-state index contributed by atoms with van der Waals surface area (Å²) in [6.45, 7) is 5.61. The second-order valence-corrected chi connectivity index (χ2v) is 20.4. The number of hydrogen-bond donors (Lipinski definition) is 2. The van der Waals surface area contributed by atoms with E-state index >= 15 is 0 Å². The van der Waals surface area contributed by atoms with E-state index in [9.17, 15) is 0 Å². The van der Waals surface area contributed by atoms with E-state index in [2.05, 4.69) is 157 Å². The molecule has 0 spiro atoms. The van der Waals surface area contributed by atoms with Gasteiger partial charge in [-0.05, 0) is 135 Å². The third kappa shape index (κ3) is 6.94. The van der Waals surface area contributed by atoms with Gasteiger partial charge in [-0.1, -0.05) is 117 Å². The Kier molecular flexibility index (Phi) is 10.3. The van der Waals surface area contributed by atoms with Crippen LogP contribution in [0.3, 0.4) is 0 Å². The summed E-state index contributed by atoms with van der Waals surface area (Å²) in [5.74, 6) is 4.83. The molecule has 12 rings (SSSR count). The molecule has 0 radical (unpaired) electrons. The first-order valence-corrected chi connectivity index (χ1v) is 24.7. The van der Waals surface area contributed by atoms with Crippen LogP contribution in [0.1, 0.15) is 113 Å². The summed E-state index contributed by atoms with van der Waals surface area (Å²) >= 11 is 0. The molecule has 4 heterocycles. The lowest BCUT2D eigenvalue weighted by Gasteiger charge is -2.42. The van der Waals surface area contributed by atoms with Crippen molar-refractivity contribution in [3.63, 3.8) is 0 Å². The van der Waals surface area contributed by atoms with E-state index in [1.165, 1.54) is 55.9 Å². The van der Waals surface area contributed by atoms with Crippen molar-refractivity contribution in [1.82, 2.24) is 10.6 Å². The third-order valence-corrected chi connectivity index (χ3v) is 16.3. The molecule has 2 N–H and O–H groups in total. The monoisotopic (exact) mass is 846 g/mol. The maximum absolute atomic E-state index is 7.30. The number of amidine groups is 2. The molecular weight excluding hydrogens is 783 g/mol. The van der Waals surface area contributed by atoms with Crippen molar-refractivity contribution in [3.05, 3.63) is 167 Å². The van der Waals surface area contributed by atoms with Crippen molar-refractivity contribution in [1.29, 1.82) is 0 Å². The minimum atomic E-state index is -0.153. The molecule has 0 amide bonds. The fourth-order valence-electron chi connectivity index (χ4n) is 12.9. The molecule has 0 bridgehead atoms. The minimum absolute atomic E-state index is 0.00109. The second-order valence-electron chi connectivity index (χ2n) is 20.4. The molecule has 6 heteroatoms. The molecule has 6 aliphatic carbocycles. The number of rotatable bonds is 7. The smallest absolute Gasteiger partial charge is 0.149 e. The number of fused-ring (bicyclic) bond motifs is 7. The third-order valence-electron chi connectivity index (χ3n) is 16.3. The molecular formula is C58H63N5O. The van der Waals surface area contributed by atoms with Gasteiger partial charge in [0.05, 0.1) is 5.92 Å². The molecule has 2 aromatic carbocycles. The summed E-state index contributed by atoms with van der Waals surface area (Å²) in [5.41, 5.74) is 12.2. The van der Waals surface area contributed by atoms with E-state index < -0.39 is 0 Å². The lowest BCUT2D eigenvalue weighted by atomic mass is 9.72. The number of aliphatic imine (C=N–C) groups is 2. The molecule has 9 unspecified atom stereocenters. The molecule has 0 fully saturated rings. The average Bonchev–Trinajstić information content (AvgIpc) is 3.91. The summed E-state index contributed by atoms with van der Waals surface area (Å²) in [5, 5.41) is 9.67. The highest BCUT2D eigenvalue weighted by molar-refractivity contribution is 6.12. The maximum Gasteiger partial charge on any atom is 0.149 e. The van der Waals surface area contributed by atoms with Crippen LogP contribution >= 0.6 is 0 Å². The van der Waals surface area contributed by atoms with Crippen LogP contribution in [0.2, 0.25) is 0 Å². The lowest BCUT2D eigenvalue weighted by molar-refractivity contribution is 0.232. The number of benzene rings is 2. The van der Waals surface area contributed by atoms with Crippen molar-refractivity contribution in [2.45, 2.75) is 121 Å². The largest absolute Gasteiger partial charge is 0.460 e. The Hall–Kier alpha value is -5.46. The van der Waals surface area contributed by atoms with Gasteiger partial charge in [-0.2, -0.15) is 0 Å². The van der Waals surface area contributed by atoms with Gasteiger partial charge in [-0.25, -0.2) is 9.98 Å². The molecule has 9 aliphatic rings. The Labute approximate surface area is 379 Å². The summed E-state index contributed by atoms with van der Waals surface area (Å²) < 4.78 is 7.30. The Bertz CT molecular complexity index is 2690. The van der Waals surface area contributed by atoms with E-state index in [1.54, 1.807) is 0 Å². The van der Waals surface area contributed by atoms with Gasteiger partial charge in [0.25, 0.3) is 0 Å². The van der Waals surface area contributed by atoms with E-state index in [0.29, 0.717) is 23.8 Å². The lowest BCUT2D eigenvalue weighted by Crippen LogP contribution is -2.54. The Morgan fingerprint density at radius 2 is 1.75 bits per heavy atom. The van der Waals surface area contributed by atoms with Crippen LogP contribution in [0.15, 0.2) is 164 Å². The molecule has 0 saturated carbocycles.